The van der Waals surface area contributed by atoms with E-state index in [1.54, 1.807) is 0 Å². The summed E-state index contributed by atoms with van der Waals surface area (Å²) < 4.78 is 4.55. The van der Waals surface area contributed by atoms with Crippen molar-refractivity contribution >= 4 is 0 Å². The van der Waals surface area contributed by atoms with Crippen molar-refractivity contribution in [2.75, 3.05) is 0 Å². The van der Waals surface area contributed by atoms with Gasteiger partial charge in [0.05, 0.1) is 12.2 Å². The zero-order valence-electron chi connectivity index (χ0n) is 11.2. The predicted octanol–water partition coefficient (Wildman–Crippen LogP) is 2.34. The van der Waals surface area contributed by atoms with Crippen LogP contribution >= 0.6 is 0 Å². The third kappa shape index (κ3) is 1.85. The van der Waals surface area contributed by atoms with Crippen LogP contribution < -0.4 is 0 Å². The van der Waals surface area contributed by atoms with Crippen LogP contribution in [0.3, 0.4) is 0 Å². The van der Waals surface area contributed by atoms with Gasteiger partial charge in [-0.25, -0.2) is 9.97 Å². The summed E-state index contributed by atoms with van der Waals surface area (Å²) in [6.45, 7) is 6.10. The quantitative estimate of drug-likeness (QED) is 0.830. The molecule has 2 heterocycles. The second kappa shape index (κ2) is 4.59. The van der Waals surface area contributed by atoms with Crippen LogP contribution in [0, 0.1) is 6.92 Å². The van der Waals surface area contributed by atoms with Gasteiger partial charge in [-0.05, 0) is 39.5 Å². The van der Waals surface area contributed by atoms with Crippen molar-refractivity contribution in [3.05, 3.63) is 35.4 Å². The van der Waals surface area contributed by atoms with Gasteiger partial charge in [-0.15, -0.1) is 0 Å². The molecular formula is C14H20N4. The molecule has 0 aliphatic heterocycles. The summed E-state index contributed by atoms with van der Waals surface area (Å²) in [5.74, 6) is 2.26. The summed E-state index contributed by atoms with van der Waals surface area (Å²) in [6.07, 6.45) is 8.83. The van der Waals surface area contributed by atoms with E-state index in [0.717, 1.165) is 31.2 Å². The third-order valence-corrected chi connectivity index (χ3v) is 3.87. The van der Waals surface area contributed by atoms with E-state index in [1.807, 2.05) is 12.4 Å². The lowest BCUT2D eigenvalue weighted by atomic mass is 10.0. The van der Waals surface area contributed by atoms with Crippen LogP contribution in [0.25, 0.3) is 0 Å². The Morgan fingerprint density at radius 2 is 2.11 bits per heavy atom. The van der Waals surface area contributed by atoms with Crippen molar-refractivity contribution in [3.63, 3.8) is 0 Å². The summed E-state index contributed by atoms with van der Waals surface area (Å²) >= 11 is 0. The molecule has 1 aliphatic carbocycles. The van der Waals surface area contributed by atoms with Crippen molar-refractivity contribution in [1.82, 2.24) is 19.1 Å². The van der Waals surface area contributed by atoms with Crippen LogP contribution in [-0.2, 0) is 25.9 Å². The zero-order chi connectivity index (χ0) is 12.5. The fourth-order valence-electron chi connectivity index (χ4n) is 2.87. The van der Waals surface area contributed by atoms with Gasteiger partial charge in [-0.2, -0.15) is 0 Å². The van der Waals surface area contributed by atoms with Gasteiger partial charge in [0, 0.05) is 24.6 Å². The predicted molar refractivity (Wildman–Crippen MR) is 70.6 cm³/mol. The van der Waals surface area contributed by atoms with Crippen molar-refractivity contribution in [2.24, 2.45) is 0 Å². The minimum absolute atomic E-state index is 0.856. The molecule has 0 saturated carbocycles. The third-order valence-electron chi connectivity index (χ3n) is 3.87. The van der Waals surface area contributed by atoms with Crippen LogP contribution in [0.4, 0.5) is 0 Å². The lowest BCUT2D eigenvalue weighted by molar-refractivity contribution is 0.593. The molecule has 2 aromatic rings. The number of aromatic nitrogens is 4. The van der Waals surface area contributed by atoms with E-state index in [9.17, 15) is 0 Å². The molecule has 0 unspecified atom stereocenters. The molecule has 0 aromatic carbocycles. The Bertz CT molecular complexity index is 550. The first kappa shape index (κ1) is 11.5. The van der Waals surface area contributed by atoms with Gasteiger partial charge in [-0.3, -0.25) is 0 Å². The molecule has 0 bridgehead atoms. The van der Waals surface area contributed by atoms with E-state index in [4.69, 9.17) is 4.98 Å². The normalized spacial score (nSPS) is 14.8. The Morgan fingerprint density at radius 3 is 2.94 bits per heavy atom. The molecular weight excluding hydrogens is 224 g/mol. The maximum Gasteiger partial charge on any atom is 0.128 e. The lowest BCUT2D eigenvalue weighted by Crippen LogP contribution is -2.13. The first-order valence-corrected chi connectivity index (χ1v) is 6.84. The Labute approximate surface area is 108 Å². The minimum atomic E-state index is 0.856. The Kier molecular flexibility index (Phi) is 2.94. The molecule has 0 radical (unpaired) electrons. The summed E-state index contributed by atoms with van der Waals surface area (Å²) in [5, 5.41) is 0. The van der Waals surface area contributed by atoms with Crippen LogP contribution in [0.15, 0.2) is 12.4 Å². The van der Waals surface area contributed by atoms with Gasteiger partial charge >= 0.3 is 0 Å². The monoisotopic (exact) mass is 244 g/mol. The number of nitrogens with zero attached hydrogens (tertiary/aromatic N) is 4. The van der Waals surface area contributed by atoms with Gasteiger partial charge in [0.1, 0.15) is 11.6 Å². The van der Waals surface area contributed by atoms with E-state index in [-0.39, 0.29) is 0 Å². The molecule has 18 heavy (non-hydrogen) atoms. The second-order valence-electron chi connectivity index (χ2n) is 4.98. The fourth-order valence-corrected chi connectivity index (χ4v) is 2.87. The molecule has 0 spiro atoms. The summed E-state index contributed by atoms with van der Waals surface area (Å²) in [6, 6.07) is 0. The van der Waals surface area contributed by atoms with Crippen LogP contribution in [-0.4, -0.2) is 19.1 Å². The standard InChI is InChI=1S/C14H20N4/c1-3-17-9-8-15-14(17)10-18-11(2)16-12-6-4-5-7-13(12)18/h8-9H,3-7,10H2,1-2H3. The molecule has 0 N–H and O–H groups in total. The average molecular weight is 244 g/mol. The lowest BCUT2D eigenvalue weighted by Gasteiger charge is -2.15. The smallest absolute Gasteiger partial charge is 0.128 e. The number of imidazole rings is 2. The fraction of sp³-hybridized carbons (Fsp3) is 0.571. The number of aryl methyl sites for hydroxylation is 3. The van der Waals surface area contributed by atoms with Crippen LogP contribution in [0.5, 0.6) is 0 Å². The molecule has 4 nitrogen and oxygen atoms in total. The summed E-state index contributed by atoms with van der Waals surface area (Å²) in [4.78, 5) is 9.18. The average Bonchev–Trinajstić information content (AvgIpc) is 2.95. The van der Waals surface area contributed by atoms with E-state index >= 15 is 0 Å². The maximum atomic E-state index is 4.71. The van der Waals surface area contributed by atoms with Crippen molar-refractivity contribution in [3.8, 4) is 0 Å². The van der Waals surface area contributed by atoms with Gasteiger partial charge in [0.15, 0.2) is 0 Å². The highest BCUT2D eigenvalue weighted by Crippen LogP contribution is 2.22. The Morgan fingerprint density at radius 1 is 1.28 bits per heavy atom. The van der Waals surface area contributed by atoms with Gasteiger partial charge in [0.25, 0.3) is 0 Å². The highest BCUT2D eigenvalue weighted by molar-refractivity contribution is 5.20. The van der Waals surface area contributed by atoms with Crippen molar-refractivity contribution in [1.29, 1.82) is 0 Å². The van der Waals surface area contributed by atoms with E-state index in [0.29, 0.717) is 0 Å². The highest BCUT2D eigenvalue weighted by Gasteiger charge is 2.18. The van der Waals surface area contributed by atoms with Gasteiger partial charge in [-0.1, -0.05) is 0 Å². The molecule has 96 valence electrons. The number of hydrogen-bond donors (Lipinski definition) is 0. The van der Waals surface area contributed by atoms with E-state index in [2.05, 4.69) is 28.0 Å². The van der Waals surface area contributed by atoms with Gasteiger partial charge < -0.3 is 9.13 Å². The molecule has 3 rings (SSSR count). The SMILES string of the molecule is CCn1ccnc1Cn1c(C)nc2c1CCCC2. The van der Waals surface area contributed by atoms with Gasteiger partial charge in [0.2, 0.25) is 0 Å². The maximum absolute atomic E-state index is 4.71. The molecule has 0 saturated heterocycles. The Balaban J connectivity index is 1.95. The molecule has 2 aromatic heterocycles. The number of hydrogen-bond acceptors (Lipinski definition) is 2. The molecule has 0 fully saturated rings. The molecule has 0 atom stereocenters. The highest BCUT2D eigenvalue weighted by atomic mass is 15.1. The van der Waals surface area contributed by atoms with E-state index < -0.39 is 0 Å². The summed E-state index contributed by atoms with van der Waals surface area (Å²) in [5.41, 5.74) is 2.75. The largest absolute Gasteiger partial charge is 0.334 e. The minimum Gasteiger partial charge on any atom is -0.334 e. The topological polar surface area (TPSA) is 35.6 Å². The van der Waals surface area contributed by atoms with Crippen LogP contribution in [0.1, 0.15) is 42.8 Å². The molecule has 4 heteroatoms. The first-order valence-electron chi connectivity index (χ1n) is 6.84. The van der Waals surface area contributed by atoms with Crippen LogP contribution in [0.2, 0.25) is 0 Å². The summed E-state index contributed by atoms with van der Waals surface area (Å²) in [7, 11) is 0. The second-order valence-corrected chi connectivity index (χ2v) is 4.98. The first-order chi connectivity index (χ1) is 8.79. The van der Waals surface area contributed by atoms with E-state index in [1.165, 1.54) is 30.7 Å². The molecule has 0 amide bonds. The number of rotatable bonds is 3. The van der Waals surface area contributed by atoms with Crippen molar-refractivity contribution in [2.45, 2.75) is 52.6 Å². The zero-order valence-corrected chi connectivity index (χ0v) is 11.2. The van der Waals surface area contributed by atoms with Crippen molar-refractivity contribution < 1.29 is 0 Å². The number of fused-ring (bicyclic) bond motifs is 1. The molecule has 1 aliphatic rings. The Hall–Kier alpha value is -1.58.